The van der Waals surface area contributed by atoms with Gasteiger partial charge in [0, 0.05) is 21.1 Å². The Balaban J connectivity index is 2.31. The van der Waals surface area contributed by atoms with Crippen LogP contribution in [-0.2, 0) is 0 Å². The fourth-order valence-electron chi connectivity index (χ4n) is 1.44. The van der Waals surface area contributed by atoms with Gasteiger partial charge in [0.25, 0.3) is 0 Å². The maximum atomic E-state index is 6.03. The first kappa shape index (κ1) is 14.6. The van der Waals surface area contributed by atoms with Gasteiger partial charge in [-0.25, -0.2) is 0 Å². The van der Waals surface area contributed by atoms with Crippen LogP contribution in [0.1, 0.15) is 5.56 Å². The van der Waals surface area contributed by atoms with Gasteiger partial charge in [-0.2, -0.15) is 0 Å². The van der Waals surface area contributed by atoms with Crippen LogP contribution in [0.4, 0.5) is 0 Å². The Morgan fingerprint density at radius 2 is 1.89 bits per heavy atom. The molecule has 0 saturated heterocycles. The average Bonchev–Trinajstić information content (AvgIpc) is 2.33. The Morgan fingerprint density at radius 3 is 2.53 bits per heavy atom. The molecule has 0 unspecified atom stereocenters. The Bertz CT molecular complexity index is 649. The molecule has 0 atom stereocenters. The van der Waals surface area contributed by atoms with E-state index in [1.807, 2.05) is 0 Å². The van der Waals surface area contributed by atoms with Gasteiger partial charge in [0.2, 0.25) is 0 Å². The third-order valence-electron chi connectivity index (χ3n) is 2.33. The van der Waals surface area contributed by atoms with Gasteiger partial charge in [-0.15, -0.1) is 0 Å². The lowest BCUT2D eigenvalue weighted by atomic mass is 10.2. The average molecular weight is 377 g/mol. The zero-order chi connectivity index (χ0) is 14.0. The molecule has 0 spiro atoms. The zero-order valence-corrected chi connectivity index (χ0v) is 13.4. The molecule has 0 aliphatic rings. The largest absolute Gasteiger partial charge is 0.456 e. The minimum Gasteiger partial charge on any atom is -0.456 e. The highest BCUT2D eigenvalue weighted by molar-refractivity contribution is 9.10. The molecule has 0 fully saturated rings. The van der Waals surface area contributed by atoms with E-state index >= 15 is 0 Å². The SMILES string of the molecule is NC(=S)c1ccc(Oc2cc(Cl)ccc2Cl)cc1Br. The van der Waals surface area contributed by atoms with Gasteiger partial charge in [-0.05, 0) is 46.3 Å². The highest BCUT2D eigenvalue weighted by Gasteiger charge is 2.08. The minimum absolute atomic E-state index is 0.319. The summed E-state index contributed by atoms with van der Waals surface area (Å²) in [5, 5.41) is 1.04. The first-order chi connectivity index (χ1) is 8.97. The van der Waals surface area contributed by atoms with Crippen molar-refractivity contribution in [2.45, 2.75) is 0 Å². The number of benzene rings is 2. The molecule has 6 heteroatoms. The second kappa shape index (κ2) is 6.09. The maximum Gasteiger partial charge on any atom is 0.147 e. The molecule has 0 heterocycles. The summed E-state index contributed by atoms with van der Waals surface area (Å²) in [4.78, 5) is 0.319. The second-order valence-corrected chi connectivity index (χ2v) is 5.82. The Kier molecular flexibility index (Phi) is 4.68. The van der Waals surface area contributed by atoms with Crippen LogP contribution < -0.4 is 10.5 Å². The standard InChI is InChI=1S/C13H8BrCl2NOS/c14-10-6-8(2-3-9(10)13(17)19)18-12-5-7(15)1-4-11(12)16/h1-6H,(H2,17,19). The van der Waals surface area contributed by atoms with Crippen LogP contribution in [-0.4, -0.2) is 4.99 Å². The van der Waals surface area contributed by atoms with Crippen LogP contribution in [0.3, 0.4) is 0 Å². The van der Waals surface area contributed by atoms with Gasteiger partial charge in [0.1, 0.15) is 16.5 Å². The van der Waals surface area contributed by atoms with Crippen molar-refractivity contribution >= 4 is 56.3 Å². The third-order valence-corrected chi connectivity index (χ3v) is 3.75. The normalized spacial score (nSPS) is 10.3. The molecule has 0 radical (unpaired) electrons. The predicted octanol–water partition coefficient (Wildman–Crippen LogP) is 5.18. The summed E-state index contributed by atoms with van der Waals surface area (Å²) in [5.41, 5.74) is 6.33. The second-order valence-electron chi connectivity index (χ2n) is 3.68. The summed E-state index contributed by atoms with van der Waals surface area (Å²) >= 11 is 20.2. The van der Waals surface area contributed by atoms with Gasteiger partial charge in [0.05, 0.1) is 5.02 Å². The van der Waals surface area contributed by atoms with Crippen molar-refractivity contribution in [2.24, 2.45) is 5.73 Å². The van der Waals surface area contributed by atoms with E-state index < -0.39 is 0 Å². The molecule has 0 aromatic heterocycles. The lowest BCUT2D eigenvalue weighted by Crippen LogP contribution is -2.09. The monoisotopic (exact) mass is 375 g/mol. The summed E-state index contributed by atoms with van der Waals surface area (Å²) < 4.78 is 6.43. The number of ether oxygens (including phenoxy) is 1. The lowest BCUT2D eigenvalue weighted by molar-refractivity contribution is 0.482. The fraction of sp³-hybridized carbons (Fsp3) is 0. The van der Waals surface area contributed by atoms with E-state index in [1.165, 1.54) is 0 Å². The summed E-state index contributed by atoms with van der Waals surface area (Å²) in [7, 11) is 0. The molecule has 0 aliphatic carbocycles. The number of rotatable bonds is 3. The number of halogens is 3. The van der Waals surface area contributed by atoms with Crippen LogP contribution in [0, 0.1) is 0 Å². The van der Waals surface area contributed by atoms with Crippen molar-refractivity contribution in [3.63, 3.8) is 0 Å². The van der Waals surface area contributed by atoms with E-state index in [-0.39, 0.29) is 0 Å². The topological polar surface area (TPSA) is 35.2 Å². The van der Waals surface area contributed by atoms with E-state index in [0.717, 1.165) is 10.0 Å². The molecular formula is C13H8BrCl2NOS. The fourth-order valence-corrected chi connectivity index (χ4v) is 2.64. The molecule has 2 N–H and O–H groups in total. The number of hydrogen-bond acceptors (Lipinski definition) is 2. The Labute approximate surface area is 134 Å². The first-order valence-electron chi connectivity index (χ1n) is 5.19. The maximum absolute atomic E-state index is 6.03. The Morgan fingerprint density at radius 1 is 1.16 bits per heavy atom. The van der Waals surface area contributed by atoms with Crippen LogP contribution in [0.15, 0.2) is 40.9 Å². The molecule has 19 heavy (non-hydrogen) atoms. The van der Waals surface area contributed by atoms with E-state index in [0.29, 0.717) is 26.5 Å². The summed E-state index contributed by atoms with van der Waals surface area (Å²) in [6, 6.07) is 10.3. The Hall–Kier alpha value is -0.810. The smallest absolute Gasteiger partial charge is 0.147 e. The summed E-state index contributed by atoms with van der Waals surface area (Å²) in [5.74, 6) is 1.10. The van der Waals surface area contributed by atoms with E-state index in [2.05, 4.69) is 15.9 Å². The van der Waals surface area contributed by atoms with Crippen molar-refractivity contribution in [1.29, 1.82) is 0 Å². The lowest BCUT2D eigenvalue weighted by Gasteiger charge is -2.10. The third kappa shape index (κ3) is 3.60. The van der Waals surface area contributed by atoms with Crippen molar-refractivity contribution < 1.29 is 4.74 Å². The zero-order valence-electron chi connectivity index (χ0n) is 9.49. The molecule has 0 aliphatic heterocycles. The van der Waals surface area contributed by atoms with Crippen LogP contribution in [0.5, 0.6) is 11.5 Å². The molecular weight excluding hydrogens is 369 g/mol. The predicted molar refractivity (Wildman–Crippen MR) is 86.6 cm³/mol. The van der Waals surface area contributed by atoms with Gasteiger partial charge in [-0.1, -0.05) is 35.4 Å². The number of nitrogens with two attached hydrogens (primary N) is 1. The molecule has 0 amide bonds. The molecule has 2 aromatic carbocycles. The number of hydrogen-bond donors (Lipinski definition) is 1. The van der Waals surface area contributed by atoms with E-state index in [9.17, 15) is 0 Å². The minimum atomic E-state index is 0.319. The van der Waals surface area contributed by atoms with Crippen molar-refractivity contribution in [3.05, 3.63) is 56.5 Å². The first-order valence-corrected chi connectivity index (χ1v) is 7.15. The molecule has 2 aromatic rings. The van der Waals surface area contributed by atoms with Crippen LogP contribution in [0.2, 0.25) is 10.0 Å². The molecule has 0 bridgehead atoms. The van der Waals surface area contributed by atoms with E-state index in [4.69, 9.17) is 45.9 Å². The summed E-state index contributed by atoms with van der Waals surface area (Å²) in [6.07, 6.45) is 0. The van der Waals surface area contributed by atoms with Crippen molar-refractivity contribution in [1.82, 2.24) is 0 Å². The number of thiocarbonyl (C=S) groups is 1. The molecule has 98 valence electrons. The van der Waals surface area contributed by atoms with Crippen LogP contribution >= 0.6 is 51.3 Å². The van der Waals surface area contributed by atoms with E-state index in [1.54, 1.807) is 36.4 Å². The van der Waals surface area contributed by atoms with Gasteiger partial charge in [-0.3, -0.25) is 0 Å². The molecule has 2 rings (SSSR count). The van der Waals surface area contributed by atoms with Crippen LogP contribution in [0.25, 0.3) is 0 Å². The summed E-state index contributed by atoms with van der Waals surface area (Å²) in [6.45, 7) is 0. The molecule has 0 saturated carbocycles. The quantitative estimate of drug-likeness (QED) is 0.749. The van der Waals surface area contributed by atoms with Crippen molar-refractivity contribution in [3.8, 4) is 11.5 Å². The molecule has 2 nitrogen and oxygen atoms in total. The highest BCUT2D eigenvalue weighted by Crippen LogP contribution is 2.33. The van der Waals surface area contributed by atoms with Gasteiger partial charge >= 0.3 is 0 Å². The van der Waals surface area contributed by atoms with Crippen molar-refractivity contribution in [2.75, 3.05) is 0 Å². The van der Waals surface area contributed by atoms with Gasteiger partial charge < -0.3 is 10.5 Å². The highest BCUT2D eigenvalue weighted by atomic mass is 79.9. The van der Waals surface area contributed by atoms with Gasteiger partial charge in [0.15, 0.2) is 0 Å².